The molecule has 0 aliphatic carbocycles. The van der Waals surface area contributed by atoms with Crippen LogP contribution in [0.2, 0.25) is 0 Å². The molecule has 0 amide bonds. The molecule has 3 rings (SSSR count). The van der Waals surface area contributed by atoms with Gasteiger partial charge in [-0.3, -0.25) is 18.4 Å². The quantitative estimate of drug-likeness (QED) is 0.199. The minimum Gasteiger partial charge on any atom is -0.395 e. The Balaban J connectivity index is 1.68. The standard InChI is InChI=1S/C21H35N4O10PS/c1-20(2,13-26)18(28)37-11-10-33-36(31,24-6-8-32-9-7-24)34-12-14-16(27)21(3,30)17(35-14)25-5-4-15(22)23-19(25)29/h4-5,14,16-17,26-27,30H,6-13H2,1-3H3,(H2,22,23,29)/t14-,16?,17-,21+,36?/m1/s1. The van der Waals surface area contributed by atoms with Crippen LogP contribution in [0.5, 0.6) is 0 Å². The number of morpholine rings is 1. The minimum atomic E-state index is -3.92. The van der Waals surface area contributed by atoms with E-state index in [-0.39, 0.29) is 43.0 Å². The van der Waals surface area contributed by atoms with Gasteiger partial charge in [0.2, 0.25) is 0 Å². The molecular formula is C21H35N4O10PS. The molecule has 0 saturated carbocycles. The number of thioether (sulfide) groups is 1. The van der Waals surface area contributed by atoms with E-state index in [0.717, 1.165) is 16.3 Å². The van der Waals surface area contributed by atoms with Gasteiger partial charge in [-0.1, -0.05) is 11.8 Å². The van der Waals surface area contributed by atoms with Gasteiger partial charge in [0.15, 0.2) is 11.3 Å². The maximum atomic E-state index is 13.7. The SMILES string of the molecule is CC(C)(CO)C(=O)SCCOP(=O)(OC[C@H]1O[C@@H](n2ccc(N)nc2=O)[C@@](C)(O)C1O)N1CCOCC1. The van der Waals surface area contributed by atoms with Crippen LogP contribution < -0.4 is 11.4 Å². The van der Waals surface area contributed by atoms with Gasteiger partial charge in [-0.15, -0.1) is 0 Å². The van der Waals surface area contributed by atoms with E-state index in [9.17, 15) is 29.5 Å². The van der Waals surface area contributed by atoms with Crippen molar-refractivity contribution in [3.63, 3.8) is 0 Å². The number of hydrogen-bond acceptors (Lipinski definition) is 13. The first-order valence-electron chi connectivity index (χ1n) is 11.7. The van der Waals surface area contributed by atoms with Crippen LogP contribution in [0.25, 0.3) is 0 Å². The molecule has 14 nitrogen and oxygen atoms in total. The number of aliphatic hydroxyl groups excluding tert-OH is 2. The lowest BCUT2D eigenvalue weighted by atomic mass is 9.96. The van der Waals surface area contributed by atoms with Crippen molar-refractivity contribution in [1.82, 2.24) is 14.2 Å². The number of ether oxygens (including phenoxy) is 2. The molecule has 3 heterocycles. The fraction of sp³-hybridized carbons (Fsp3) is 0.762. The normalized spacial score (nSPS) is 28.8. The van der Waals surface area contributed by atoms with Crippen LogP contribution in [-0.4, -0.2) is 104 Å². The predicted octanol–water partition coefficient (Wildman–Crippen LogP) is -0.413. The van der Waals surface area contributed by atoms with Gasteiger partial charge in [0, 0.05) is 25.0 Å². The minimum absolute atomic E-state index is 0.0114. The number of nitrogen functional groups attached to an aromatic ring is 1. The topological polar surface area (TPSA) is 196 Å². The van der Waals surface area contributed by atoms with Crippen LogP contribution in [0.1, 0.15) is 27.0 Å². The Morgan fingerprint density at radius 2 is 2.05 bits per heavy atom. The lowest BCUT2D eigenvalue weighted by Gasteiger charge is -2.33. The maximum absolute atomic E-state index is 13.7. The number of rotatable bonds is 11. The van der Waals surface area contributed by atoms with Crippen LogP contribution in [0.4, 0.5) is 5.82 Å². The zero-order chi connectivity index (χ0) is 27.4. The molecule has 0 aromatic carbocycles. The molecule has 16 heteroatoms. The van der Waals surface area contributed by atoms with Gasteiger partial charge in [0.05, 0.1) is 38.4 Å². The third-order valence-corrected chi connectivity index (χ3v) is 9.38. The molecule has 0 spiro atoms. The third kappa shape index (κ3) is 6.98. The summed E-state index contributed by atoms with van der Waals surface area (Å²) in [5, 5.41) is 30.7. The predicted molar refractivity (Wildman–Crippen MR) is 134 cm³/mol. The average Bonchev–Trinajstić information content (AvgIpc) is 3.09. The highest BCUT2D eigenvalue weighted by Gasteiger charge is 2.54. The number of carbonyl (C=O) groups is 1. The van der Waals surface area contributed by atoms with Gasteiger partial charge in [0.1, 0.15) is 23.6 Å². The maximum Gasteiger partial charge on any atom is 0.408 e. The molecule has 1 aromatic rings. The van der Waals surface area contributed by atoms with Crippen LogP contribution in [0.15, 0.2) is 17.1 Å². The van der Waals surface area contributed by atoms with Crippen molar-refractivity contribution in [2.24, 2.45) is 5.41 Å². The van der Waals surface area contributed by atoms with E-state index in [4.69, 9.17) is 24.3 Å². The first kappa shape index (κ1) is 30.2. The average molecular weight is 567 g/mol. The summed E-state index contributed by atoms with van der Waals surface area (Å²) in [6, 6.07) is 1.35. The van der Waals surface area contributed by atoms with Gasteiger partial charge < -0.3 is 30.5 Å². The van der Waals surface area contributed by atoms with E-state index in [1.165, 1.54) is 23.9 Å². The lowest BCUT2D eigenvalue weighted by molar-refractivity contribution is -0.119. The lowest BCUT2D eigenvalue weighted by Crippen LogP contribution is -2.46. The van der Waals surface area contributed by atoms with Crippen molar-refractivity contribution in [3.05, 3.63) is 22.7 Å². The molecule has 1 aromatic heterocycles. The number of carbonyl (C=O) groups excluding carboxylic acids is 1. The van der Waals surface area contributed by atoms with Crippen molar-refractivity contribution in [2.45, 2.75) is 44.8 Å². The van der Waals surface area contributed by atoms with Crippen LogP contribution in [0, 0.1) is 5.41 Å². The van der Waals surface area contributed by atoms with E-state index in [2.05, 4.69) is 4.98 Å². The summed E-state index contributed by atoms with van der Waals surface area (Å²) >= 11 is 0.950. The van der Waals surface area contributed by atoms with Crippen LogP contribution in [0.3, 0.4) is 0 Å². The monoisotopic (exact) mass is 566 g/mol. The molecular weight excluding hydrogens is 531 g/mol. The first-order valence-corrected chi connectivity index (χ1v) is 14.2. The highest BCUT2D eigenvalue weighted by molar-refractivity contribution is 8.13. The Morgan fingerprint density at radius 3 is 2.68 bits per heavy atom. The smallest absolute Gasteiger partial charge is 0.395 e. The fourth-order valence-corrected chi connectivity index (χ4v) is 6.34. The molecule has 5 atom stereocenters. The number of aromatic nitrogens is 2. The van der Waals surface area contributed by atoms with E-state index < -0.39 is 49.5 Å². The molecule has 2 aliphatic heterocycles. The molecule has 37 heavy (non-hydrogen) atoms. The highest BCUT2D eigenvalue weighted by Crippen LogP contribution is 2.53. The van der Waals surface area contributed by atoms with Gasteiger partial charge in [-0.2, -0.15) is 4.98 Å². The zero-order valence-electron chi connectivity index (χ0n) is 21.0. The van der Waals surface area contributed by atoms with Gasteiger partial charge in [-0.25, -0.2) is 14.0 Å². The highest BCUT2D eigenvalue weighted by atomic mass is 32.2. The summed E-state index contributed by atoms with van der Waals surface area (Å²) in [6.45, 7) is 4.86. The van der Waals surface area contributed by atoms with Crippen molar-refractivity contribution < 1.29 is 43.2 Å². The largest absolute Gasteiger partial charge is 0.408 e. The molecule has 2 unspecified atom stereocenters. The summed E-state index contributed by atoms with van der Waals surface area (Å²) < 4.78 is 38.6. The second kappa shape index (κ2) is 12.2. The summed E-state index contributed by atoms with van der Waals surface area (Å²) in [7, 11) is -3.92. The first-order chi connectivity index (χ1) is 17.3. The van der Waals surface area contributed by atoms with Crippen molar-refractivity contribution in [2.75, 3.05) is 57.6 Å². The van der Waals surface area contributed by atoms with Crippen molar-refractivity contribution in [1.29, 1.82) is 0 Å². The molecule has 2 aliphatic rings. The summed E-state index contributed by atoms with van der Waals surface area (Å²) in [6.07, 6.45) is -2.69. The molecule has 0 bridgehead atoms. The van der Waals surface area contributed by atoms with E-state index in [1.807, 2.05) is 0 Å². The molecule has 210 valence electrons. The number of nitrogens with zero attached hydrogens (tertiary/aromatic N) is 3. The van der Waals surface area contributed by atoms with Gasteiger partial charge >= 0.3 is 13.4 Å². The van der Waals surface area contributed by atoms with Crippen molar-refractivity contribution >= 4 is 30.4 Å². The molecule has 0 radical (unpaired) electrons. The number of hydrogen-bond donors (Lipinski definition) is 4. The van der Waals surface area contributed by atoms with Gasteiger partial charge in [-0.05, 0) is 26.8 Å². The fourth-order valence-electron chi connectivity index (χ4n) is 3.70. The Hall–Kier alpha value is -1.39. The van der Waals surface area contributed by atoms with E-state index >= 15 is 0 Å². The Kier molecular flexibility index (Phi) is 9.94. The van der Waals surface area contributed by atoms with Crippen LogP contribution in [-0.2, 0) is 27.9 Å². The Labute approximate surface area is 218 Å². The molecule has 2 saturated heterocycles. The van der Waals surface area contributed by atoms with E-state index in [0.29, 0.717) is 13.2 Å². The Morgan fingerprint density at radius 1 is 1.38 bits per heavy atom. The van der Waals surface area contributed by atoms with Crippen LogP contribution >= 0.6 is 19.5 Å². The molecule has 2 fully saturated rings. The summed E-state index contributed by atoms with van der Waals surface area (Å²) in [4.78, 5) is 28.1. The molecule has 5 N–H and O–H groups in total. The third-order valence-electron chi connectivity index (χ3n) is 6.11. The Bertz CT molecular complexity index is 1050. The number of nitrogens with two attached hydrogens (primary N) is 1. The second-order valence-electron chi connectivity index (χ2n) is 9.58. The second-order valence-corrected chi connectivity index (χ2v) is 12.7. The van der Waals surface area contributed by atoms with Crippen molar-refractivity contribution in [3.8, 4) is 0 Å². The number of anilines is 1. The number of aliphatic hydroxyl groups is 3. The van der Waals surface area contributed by atoms with E-state index in [1.54, 1.807) is 13.8 Å². The summed E-state index contributed by atoms with van der Waals surface area (Å²) in [5.41, 5.74) is 1.92. The van der Waals surface area contributed by atoms with Gasteiger partial charge in [0.25, 0.3) is 0 Å². The summed E-state index contributed by atoms with van der Waals surface area (Å²) in [5.74, 6) is 0.162. The zero-order valence-corrected chi connectivity index (χ0v) is 22.7.